The van der Waals surface area contributed by atoms with Crippen LogP contribution < -0.4 is 21.3 Å². The van der Waals surface area contributed by atoms with Crippen LogP contribution in [0.2, 0.25) is 0 Å². The Hall–Kier alpha value is -4.33. The molecule has 4 aromatic rings. The second-order valence-corrected chi connectivity index (χ2v) is 8.68. The topological polar surface area (TPSA) is 163 Å². The fraction of sp³-hybridized carbons (Fsp3) is 0.158. The Morgan fingerprint density at radius 3 is 2.33 bits per heavy atom. The van der Waals surface area contributed by atoms with Crippen molar-refractivity contribution in [3.63, 3.8) is 0 Å². The zero-order valence-electron chi connectivity index (χ0n) is 17.5. The van der Waals surface area contributed by atoms with Gasteiger partial charge in [-0.1, -0.05) is 0 Å². The summed E-state index contributed by atoms with van der Waals surface area (Å²) in [7, 11) is -1.08. The van der Waals surface area contributed by atoms with E-state index in [4.69, 9.17) is 0 Å². The van der Waals surface area contributed by atoms with Crippen molar-refractivity contribution in [1.29, 1.82) is 0 Å². The molecule has 4 rings (SSSR count). The lowest BCUT2D eigenvalue weighted by molar-refractivity contribution is -0.116. The van der Waals surface area contributed by atoms with Crippen LogP contribution in [0.15, 0.2) is 63.5 Å². The number of fused-ring (bicyclic) bond motifs is 1. The fourth-order valence-corrected chi connectivity index (χ4v) is 4.08. The summed E-state index contributed by atoms with van der Waals surface area (Å²) >= 11 is 0. The van der Waals surface area contributed by atoms with Crippen molar-refractivity contribution < 1.29 is 13.2 Å². The lowest BCUT2D eigenvalue weighted by atomic mass is 10.3. The van der Waals surface area contributed by atoms with E-state index in [0.717, 1.165) is 4.57 Å². The summed E-state index contributed by atoms with van der Waals surface area (Å²) in [5.74, 6) is -0.539. The first-order valence-electron chi connectivity index (χ1n) is 9.48. The maximum atomic E-state index is 12.5. The van der Waals surface area contributed by atoms with Gasteiger partial charge < -0.3 is 9.88 Å². The third kappa shape index (κ3) is 4.23. The molecule has 0 bridgehead atoms. The van der Waals surface area contributed by atoms with Crippen molar-refractivity contribution in [3.05, 3.63) is 69.9 Å². The molecule has 14 heteroatoms. The van der Waals surface area contributed by atoms with Crippen molar-refractivity contribution in [3.8, 4) is 0 Å². The van der Waals surface area contributed by atoms with E-state index in [1.54, 1.807) is 6.07 Å². The van der Waals surface area contributed by atoms with E-state index in [1.807, 2.05) is 0 Å². The largest absolute Gasteiger partial charge is 0.332 e. The van der Waals surface area contributed by atoms with Gasteiger partial charge in [0.05, 0.1) is 11.2 Å². The fourth-order valence-electron chi connectivity index (χ4n) is 3.12. The molecule has 0 saturated carbocycles. The molecule has 0 unspecified atom stereocenters. The summed E-state index contributed by atoms with van der Waals surface area (Å²) in [6.07, 6.45) is 4.11. The SMILES string of the molecule is Cn1c(=O)c2c(ncn2CC(=O)Nc2ccc(S(=O)(=O)Nc3ncccn3)cc2)n(C)c1=O. The second-order valence-electron chi connectivity index (χ2n) is 7.00. The number of anilines is 2. The van der Waals surface area contributed by atoms with Crippen LogP contribution in [0.25, 0.3) is 11.2 Å². The van der Waals surface area contributed by atoms with Crippen LogP contribution in [-0.2, 0) is 35.5 Å². The summed E-state index contributed by atoms with van der Waals surface area (Å²) < 4.78 is 30.6. The molecule has 170 valence electrons. The van der Waals surface area contributed by atoms with Gasteiger partial charge in [0.1, 0.15) is 6.54 Å². The molecule has 1 amide bonds. The first-order chi connectivity index (χ1) is 15.7. The Balaban J connectivity index is 1.50. The van der Waals surface area contributed by atoms with Crippen LogP contribution in [-0.4, -0.2) is 43.0 Å². The number of hydrogen-bond acceptors (Lipinski definition) is 8. The Kier molecular flexibility index (Phi) is 5.51. The van der Waals surface area contributed by atoms with Crippen molar-refractivity contribution >= 4 is 38.7 Å². The quantitative estimate of drug-likeness (QED) is 0.387. The number of amides is 1. The number of hydrogen-bond donors (Lipinski definition) is 2. The third-order valence-corrected chi connectivity index (χ3v) is 6.12. The molecular formula is C19H18N8O5S. The van der Waals surface area contributed by atoms with Crippen LogP contribution in [0.3, 0.4) is 0 Å². The smallest absolute Gasteiger partial charge is 0.325 e. The van der Waals surface area contributed by atoms with Crippen LogP contribution >= 0.6 is 0 Å². The van der Waals surface area contributed by atoms with E-state index < -0.39 is 27.2 Å². The predicted molar refractivity (Wildman–Crippen MR) is 118 cm³/mol. The number of aryl methyl sites for hydroxylation is 1. The van der Waals surface area contributed by atoms with Gasteiger partial charge in [0.15, 0.2) is 11.2 Å². The molecule has 0 aliphatic heterocycles. The van der Waals surface area contributed by atoms with E-state index in [1.165, 1.54) is 66.2 Å². The molecule has 0 aliphatic rings. The van der Waals surface area contributed by atoms with E-state index >= 15 is 0 Å². The highest BCUT2D eigenvalue weighted by Gasteiger charge is 2.17. The number of rotatable bonds is 6. The van der Waals surface area contributed by atoms with Crippen molar-refractivity contribution in [2.75, 3.05) is 10.0 Å². The van der Waals surface area contributed by atoms with Crippen LogP contribution in [0.4, 0.5) is 11.6 Å². The van der Waals surface area contributed by atoms with Crippen LogP contribution in [0.5, 0.6) is 0 Å². The average Bonchev–Trinajstić information content (AvgIpc) is 3.20. The molecule has 0 spiro atoms. The van der Waals surface area contributed by atoms with Gasteiger partial charge in [-0.25, -0.2) is 32.9 Å². The van der Waals surface area contributed by atoms with E-state index in [-0.39, 0.29) is 28.6 Å². The molecule has 13 nitrogen and oxygen atoms in total. The average molecular weight is 470 g/mol. The Morgan fingerprint density at radius 1 is 1.00 bits per heavy atom. The van der Waals surface area contributed by atoms with Gasteiger partial charge in [0, 0.05) is 32.2 Å². The zero-order valence-corrected chi connectivity index (χ0v) is 18.3. The Morgan fingerprint density at radius 2 is 1.67 bits per heavy atom. The molecule has 0 fully saturated rings. The molecule has 3 aromatic heterocycles. The van der Waals surface area contributed by atoms with E-state index in [0.29, 0.717) is 5.69 Å². The molecule has 2 N–H and O–H groups in total. The van der Waals surface area contributed by atoms with Crippen molar-refractivity contribution in [2.45, 2.75) is 11.4 Å². The number of carbonyl (C=O) groups excluding carboxylic acids is 1. The highest BCUT2D eigenvalue weighted by atomic mass is 32.2. The minimum atomic E-state index is -3.91. The molecule has 3 heterocycles. The first kappa shape index (κ1) is 21.9. The zero-order chi connectivity index (χ0) is 23.8. The van der Waals surface area contributed by atoms with E-state index in [9.17, 15) is 22.8 Å². The monoisotopic (exact) mass is 470 g/mol. The Bertz CT molecular complexity index is 1570. The van der Waals surface area contributed by atoms with Gasteiger partial charge >= 0.3 is 5.69 Å². The third-order valence-electron chi connectivity index (χ3n) is 4.77. The highest BCUT2D eigenvalue weighted by molar-refractivity contribution is 7.92. The van der Waals surface area contributed by atoms with Gasteiger partial charge in [-0.15, -0.1) is 0 Å². The number of nitrogens with one attached hydrogen (secondary N) is 2. The van der Waals surface area contributed by atoms with Gasteiger partial charge in [-0.2, -0.15) is 0 Å². The van der Waals surface area contributed by atoms with Gasteiger partial charge in [0.25, 0.3) is 15.6 Å². The minimum absolute atomic E-state index is 0.0435. The molecule has 1 aromatic carbocycles. The lowest BCUT2D eigenvalue weighted by Gasteiger charge is -2.09. The first-order valence-corrected chi connectivity index (χ1v) is 11.0. The number of nitrogens with zero attached hydrogens (tertiary/aromatic N) is 6. The minimum Gasteiger partial charge on any atom is -0.325 e. The molecule has 0 atom stereocenters. The molecule has 33 heavy (non-hydrogen) atoms. The summed E-state index contributed by atoms with van der Waals surface area (Å²) in [5, 5.41) is 2.63. The number of sulfonamides is 1. The number of benzene rings is 1. The van der Waals surface area contributed by atoms with Crippen LogP contribution in [0, 0.1) is 0 Å². The van der Waals surface area contributed by atoms with Gasteiger partial charge in [-0.3, -0.25) is 18.7 Å². The normalized spacial score (nSPS) is 11.5. The standard InChI is InChI=1S/C19H18N8O5S/c1-25-16-15(17(29)26(2)19(25)30)27(11-22-16)10-14(28)23-12-4-6-13(7-5-12)33(31,32)24-18-20-8-3-9-21-18/h3-9,11H,10H2,1-2H3,(H,23,28)(H,20,21,24). The number of aromatic nitrogens is 6. The van der Waals surface area contributed by atoms with Gasteiger partial charge in [-0.05, 0) is 30.3 Å². The van der Waals surface area contributed by atoms with Gasteiger partial charge in [0.2, 0.25) is 11.9 Å². The maximum Gasteiger partial charge on any atom is 0.332 e. The van der Waals surface area contributed by atoms with Crippen molar-refractivity contribution in [2.24, 2.45) is 14.1 Å². The predicted octanol–water partition coefficient (Wildman–Crippen LogP) is -0.337. The van der Waals surface area contributed by atoms with Crippen LogP contribution in [0.1, 0.15) is 0 Å². The summed E-state index contributed by atoms with van der Waals surface area (Å²) in [4.78, 5) is 48.7. The number of carbonyl (C=O) groups is 1. The molecular weight excluding hydrogens is 452 g/mol. The maximum absolute atomic E-state index is 12.5. The Labute approximate surface area is 186 Å². The molecule has 0 radical (unpaired) electrons. The summed E-state index contributed by atoms with van der Waals surface area (Å²) in [5.41, 5.74) is -0.459. The highest BCUT2D eigenvalue weighted by Crippen LogP contribution is 2.16. The second kappa shape index (κ2) is 8.31. The molecule has 0 aliphatic carbocycles. The lowest BCUT2D eigenvalue weighted by Crippen LogP contribution is -2.37. The van der Waals surface area contributed by atoms with Crippen molar-refractivity contribution in [1.82, 2.24) is 28.7 Å². The number of imidazole rings is 1. The summed E-state index contributed by atoms with van der Waals surface area (Å²) in [6, 6.07) is 7.04. The molecule has 0 saturated heterocycles. The van der Waals surface area contributed by atoms with E-state index in [2.05, 4.69) is 25.0 Å². The summed E-state index contributed by atoms with van der Waals surface area (Å²) in [6.45, 7) is -0.239.